The van der Waals surface area contributed by atoms with E-state index in [1.807, 2.05) is 0 Å². The molecule has 0 atom stereocenters. The van der Waals surface area contributed by atoms with Crippen molar-refractivity contribution in [2.24, 2.45) is 59.2 Å². The van der Waals surface area contributed by atoms with Crippen LogP contribution in [0.25, 0.3) is 0 Å². The van der Waals surface area contributed by atoms with E-state index in [1.165, 1.54) is 109 Å². The third-order valence-corrected chi connectivity index (χ3v) is 14.4. The second-order valence-corrected chi connectivity index (χ2v) is 18.4. The Morgan fingerprint density at radius 1 is 0.415 bits per heavy atom. The van der Waals surface area contributed by atoms with Crippen LogP contribution in [0.15, 0.2) is 0 Å². The molecule has 4 aliphatic carbocycles. The van der Waals surface area contributed by atoms with Crippen LogP contribution in [0.4, 0.5) is 26.3 Å². The lowest BCUT2D eigenvalue weighted by atomic mass is 9.69. The van der Waals surface area contributed by atoms with Gasteiger partial charge in [0.15, 0.2) is 12.6 Å². The monoisotopic (exact) mass is 767 g/mol. The number of hydrogen-bond acceptors (Lipinski definition) is 4. The maximum absolute atomic E-state index is 12.3. The fourth-order valence-electron chi connectivity index (χ4n) is 10.8. The first kappa shape index (κ1) is 43.5. The predicted octanol–water partition coefficient (Wildman–Crippen LogP) is 13.1. The Balaban J connectivity index is 0.000000204. The van der Waals surface area contributed by atoms with Gasteiger partial charge in [0, 0.05) is 36.5 Å². The smallest absolute Gasteiger partial charge is 0.352 e. The summed E-state index contributed by atoms with van der Waals surface area (Å²) < 4.78 is 97.1. The van der Waals surface area contributed by atoms with Gasteiger partial charge in [0.2, 0.25) is 0 Å². The molecule has 310 valence electrons. The molecule has 0 radical (unpaired) electrons. The molecular formula is C43H72F6O4. The fourth-order valence-corrected chi connectivity index (χ4v) is 10.8. The highest BCUT2D eigenvalue weighted by atomic mass is 19.4. The summed E-state index contributed by atoms with van der Waals surface area (Å²) in [6.07, 6.45) is 14.2. The van der Waals surface area contributed by atoms with Crippen molar-refractivity contribution in [3.63, 3.8) is 0 Å². The molecule has 2 heterocycles. The van der Waals surface area contributed by atoms with Crippen LogP contribution in [-0.2, 0) is 18.9 Å². The molecule has 0 aromatic carbocycles. The zero-order valence-corrected chi connectivity index (χ0v) is 32.9. The van der Waals surface area contributed by atoms with Crippen LogP contribution in [0.5, 0.6) is 0 Å². The number of hydrogen-bond donors (Lipinski definition) is 0. The van der Waals surface area contributed by atoms with E-state index in [-0.39, 0.29) is 37.3 Å². The van der Waals surface area contributed by atoms with Crippen LogP contribution in [0.1, 0.15) is 162 Å². The van der Waals surface area contributed by atoms with Gasteiger partial charge in [-0.05, 0) is 138 Å². The second-order valence-electron chi connectivity index (χ2n) is 18.4. The van der Waals surface area contributed by atoms with Gasteiger partial charge in [-0.3, -0.25) is 0 Å². The molecule has 6 fully saturated rings. The van der Waals surface area contributed by atoms with Gasteiger partial charge in [-0.2, -0.15) is 26.3 Å². The Morgan fingerprint density at radius 2 is 0.717 bits per heavy atom. The lowest BCUT2D eigenvalue weighted by molar-refractivity contribution is -0.231. The normalized spacial score (nSPS) is 39.2. The topological polar surface area (TPSA) is 36.9 Å². The van der Waals surface area contributed by atoms with Crippen LogP contribution in [0.2, 0.25) is 0 Å². The molecule has 0 spiro atoms. The van der Waals surface area contributed by atoms with E-state index < -0.39 is 25.2 Å². The Labute approximate surface area is 316 Å². The fraction of sp³-hybridized carbons (Fsp3) is 1.00. The molecule has 4 saturated carbocycles. The zero-order chi connectivity index (χ0) is 37.8. The number of ether oxygens (including phenoxy) is 4. The van der Waals surface area contributed by atoms with E-state index in [9.17, 15) is 26.3 Å². The van der Waals surface area contributed by atoms with Crippen molar-refractivity contribution in [1.82, 2.24) is 0 Å². The van der Waals surface area contributed by atoms with Crippen LogP contribution < -0.4 is 0 Å². The highest BCUT2D eigenvalue weighted by Crippen LogP contribution is 2.45. The summed E-state index contributed by atoms with van der Waals surface area (Å²) in [4.78, 5) is 0. The Bertz CT molecular complexity index is 976. The summed E-state index contributed by atoms with van der Waals surface area (Å²) in [5.74, 6) is 6.70. The molecule has 6 aliphatic rings. The first-order chi connectivity index (χ1) is 25.3. The molecule has 53 heavy (non-hydrogen) atoms. The highest BCUT2D eigenvalue weighted by molar-refractivity contribution is 4.85. The average Bonchev–Trinajstić information content (AvgIpc) is 3.15. The van der Waals surface area contributed by atoms with E-state index in [0.717, 1.165) is 35.5 Å². The van der Waals surface area contributed by atoms with Crippen molar-refractivity contribution in [1.29, 1.82) is 0 Å². The van der Waals surface area contributed by atoms with Crippen LogP contribution >= 0.6 is 0 Å². The van der Waals surface area contributed by atoms with E-state index in [4.69, 9.17) is 18.9 Å². The van der Waals surface area contributed by atoms with Crippen molar-refractivity contribution >= 4 is 0 Å². The molecule has 0 N–H and O–H groups in total. The van der Waals surface area contributed by atoms with Crippen molar-refractivity contribution in [2.75, 3.05) is 26.4 Å². The van der Waals surface area contributed by atoms with E-state index in [1.54, 1.807) is 0 Å². The van der Waals surface area contributed by atoms with Gasteiger partial charge in [-0.25, -0.2) is 0 Å². The molecular weight excluding hydrogens is 694 g/mol. The Kier molecular flexibility index (Phi) is 17.5. The summed E-state index contributed by atoms with van der Waals surface area (Å²) in [6.45, 7) is 6.93. The third kappa shape index (κ3) is 15.0. The average molecular weight is 767 g/mol. The lowest BCUT2D eigenvalue weighted by Gasteiger charge is -2.41. The Morgan fingerprint density at radius 3 is 1.04 bits per heavy atom. The van der Waals surface area contributed by atoms with Crippen LogP contribution in [0.3, 0.4) is 0 Å². The standard InChI is InChI=1S/C22H37F3O2.C21H35F3O2/c1-2-16-5-7-18(8-6-16)19-9-11-20(12-10-19)21-26-14-17(15-27-21)4-3-13-22(23,24)25;1-15-4-6-17(7-5-15)18-8-10-19(11-9-18)20-25-13-16(14-26-20)3-2-12-21(22,23)24/h16-21H,2-15H2,1H3;15-20H,2-14H2,1H3. The minimum Gasteiger partial charge on any atom is -0.352 e. The summed E-state index contributed by atoms with van der Waals surface area (Å²) >= 11 is 0. The van der Waals surface area contributed by atoms with Crippen molar-refractivity contribution in [3.8, 4) is 0 Å². The van der Waals surface area contributed by atoms with Gasteiger partial charge in [0.05, 0.1) is 26.4 Å². The molecule has 0 bridgehead atoms. The van der Waals surface area contributed by atoms with Gasteiger partial charge in [-0.15, -0.1) is 0 Å². The van der Waals surface area contributed by atoms with Crippen molar-refractivity contribution in [3.05, 3.63) is 0 Å². The molecule has 0 amide bonds. The predicted molar refractivity (Wildman–Crippen MR) is 196 cm³/mol. The summed E-state index contributed by atoms with van der Waals surface area (Å²) in [5, 5.41) is 0. The SMILES string of the molecule is CC1CCC(C2CCC(C3OCC(CCCC(F)(F)F)CO3)CC2)CC1.CCC1CCC(C2CCC(C3OCC(CCCC(F)(F)F)CO3)CC2)CC1. The lowest BCUT2D eigenvalue weighted by Crippen LogP contribution is -2.39. The minimum absolute atomic E-state index is 0.119. The van der Waals surface area contributed by atoms with E-state index in [2.05, 4.69) is 13.8 Å². The minimum atomic E-state index is -4.05. The van der Waals surface area contributed by atoms with Gasteiger partial charge >= 0.3 is 12.4 Å². The molecule has 0 unspecified atom stereocenters. The van der Waals surface area contributed by atoms with Gasteiger partial charge in [-0.1, -0.05) is 46.0 Å². The van der Waals surface area contributed by atoms with Gasteiger partial charge in [0.25, 0.3) is 0 Å². The number of rotatable bonds is 11. The molecule has 10 heteroatoms. The quantitative estimate of drug-likeness (QED) is 0.196. The second kappa shape index (κ2) is 21.3. The summed E-state index contributed by atoms with van der Waals surface area (Å²) in [7, 11) is 0. The Hall–Kier alpha value is -0.580. The number of alkyl halides is 6. The molecule has 0 aromatic rings. The third-order valence-electron chi connectivity index (χ3n) is 14.4. The maximum atomic E-state index is 12.3. The van der Waals surface area contributed by atoms with Gasteiger partial charge in [0.1, 0.15) is 0 Å². The molecule has 2 saturated heterocycles. The van der Waals surface area contributed by atoms with E-state index in [0.29, 0.717) is 51.1 Å². The molecule has 6 rings (SSSR count). The van der Waals surface area contributed by atoms with Crippen molar-refractivity contribution < 1.29 is 45.3 Å². The van der Waals surface area contributed by atoms with Crippen molar-refractivity contribution in [2.45, 2.75) is 186 Å². The van der Waals surface area contributed by atoms with Gasteiger partial charge < -0.3 is 18.9 Å². The molecule has 4 nitrogen and oxygen atoms in total. The van der Waals surface area contributed by atoms with Crippen LogP contribution in [0, 0.1) is 59.2 Å². The van der Waals surface area contributed by atoms with E-state index >= 15 is 0 Å². The van der Waals surface area contributed by atoms with Crippen LogP contribution in [-0.4, -0.2) is 51.4 Å². The first-order valence-corrected chi connectivity index (χ1v) is 21.9. The summed E-state index contributed by atoms with van der Waals surface area (Å²) in [6, 6.07) is 0. The summed E-state index contributed by atoms with van der Waals surface area (Å²) in [5.41, 5.74) is 0. The molecule has 2 aliphatic heterocycles. The maximum Gasteiger partial charge on any atom is 0.389 e. The molecule has 0 aromatic heterocycles. The highest BCUT2D eigenvalue weighted by Gasteiger charge is 2.38. The first-order valence-electron chi connectivity index (χ1n) is 21.9. The zero-order valence-electron chi connectivity index (χ0n) is 32.9. The largest absolute Gasteiger partial charge is 0.389 e. The number of halogens is 6.